The number of nitrogens with zero attached hydrogens (tertiary/aromatic N) is 3. The van der Waals surface area contributed by atoms with Crippen molar-refractivity contribution in [1.82, 2.24) is 9.88 Å². The van der Waals surface area contributed by atoms with Gasteiger partial charge in [0.1, 0.15) is 5.75 Å². The maximum Gasteiger partial charge on any atom is 0.306 e. The van der Waals surface area contributed by atoms with E-state index in [4.69, 9.17) is 9.84 Å². The van der Waals surface area contributed by atoms with Crippen LogP contribution < -0.4 is 4.74 Å². The Morgan fingerprint density at radius 3 is 3.04 bits per heavy atom. The summed E-state index contributed by atoms with van der Waals surface area (Å²) in [5.41, 5.74) is 0.789. The van der Waals surface area contributed by atoms with Crippen LogP contribution in [0.25, 0.3) is 6.08 Å². The van der Waals surface area contributed by atoms with E-state index in [1.165, 1.54) is 28.0 Å². The average Bonchev–Trinajstić information content (AvgIpc) is 3.20. The van der Waals surface area contributed by atoms with Gasteiger partial charge in [0.05, 0.1) is 17.9 Å². The van der Waals surface area contributed by atoms with Gasteiger partial charge in [-0.05, 0) is 35.5 Å². The lowest BCUT2D eigenvalue weighted by Crippen LogP contribution is -2.23. The van der Waals surface area contributed by atoms with Crippen LogP contribution >= 0.6 is 23.1 Å². The van der Waals surface area contributed by atoms with Crippen LogP contribution in [-0.4, -0.2) is 45.7 Å². The number of benzene rings is 1. The van der Waals surface area contributed by atoms with Gasteiger partial charge in [0, 0.05) is 18.6 Å². The van der Waals surface area contributed by atoms with Crippen LogP contribution in [0.2, 0.25) is 0 Å². The number of carboxylic acid groups (broad SMARTS) is 1. The molecule has 2 heterocycles. The van der Waals surface area contributed by atoms with Crippen molar-refractivity contribution >= 4 is 51.4 Å². The van der Waals surface area contributed by atoms with Crippen LogP contribution in [0.5, 0.6) is 5.75 Å². The third-order valence-corrected chi connectivity index (χ3v) is 5.08. The Labute approximate surface area is 158 Å². The second-order valence-electron chi connectivity index (χ2n) is 5.25. The molecule has 1 fully saturated rings. The van der Waals surface area contributed by atoms with Gasteiger partial charge in [0.25, 0.3) is 5.91 Å². The molecule has 0 radical (unpaired) electrons. The molecular formula is C17H15N3O4S2. The molecular weight excluding hydrogens is 374 g/mol. The maximum atomic E-state index is 12.4. The molecule has 26 heavy (non-hydrogen) atoms. The number of hydrogen-bond donors (Lipinski definition) is 1. The Morgan fingerprint density at radius 2 is 2.31 bits per heavy atom. The maximum absolute atomic E-state index is 12.4. The van der Waals surface area contributed by atoms with Crippen molar-refractivity contribution in [3.05, 3.63) is 46.3 Å². The minimum Gasteiger partial charge on any atom is -0.493 e. The largest absolute Gasteiger partial charge is 0.493 e. The van der Waals surface area contributed by atoms with Crippen LogP contribution in [0, 0.1) is 0 Å². The van der Waals surface area contributed by atoms with Crippen molar-refractivity contribution < 1.29 is 19.4 Å². The summed E-state index contributed by atoms with van der Waals surface area (Å²) in [6, 6.07) is 7.15. The highest BCUT2D eigenvalue weighted by molar-refractivity contribution is 8.18. The third-order valence-electron chi connectivity index (χ3n) is 3.35. The summed E-state index contributed by atoms with van der Waals surface area (Å²) in [6.07, 6.45) is 3.36. The van der Waals surface area contributed by atoms with Crippen molar-refractivity contribution in [2.75, 3.05) is 13.7 Å². The van der Waals surface area contributed by atoms with E-state index in [1.807, 2.05) is 11.4 Å². The first-order valence-corrected chi connectivity index (χ1v) is 9.33. The fourth-order valence-electron chi connectivity index (χ4n) is 2.11. The topological polar surface area (TPSA) is 92.1 Å². The van der Waals surface area contributed by atoms with Crippen molar-refractivity contribution in [3.8, 4) is 5.75 Å². The molecule has 7 nitrogen and oxygen atoms in total. The first kappa shape index (κ1) is 18.2. The first-order chi connectivity index (χ1) is 12.5. The molecule has 1 saturated heterocycles. The summed E-state index contributed by atoms with van der Waals surface area (Å²) >= 11 is 2.69. The van der Waals surface area contributed by atoms with Gasteiger partial charge < -0.3 is 9.84 Å². The zero-order chi connectivity index (χ0) is 18.5. The van der Waals surface area contributed by atoms with Crippen molar-refractivity contribution in [2.45, 2.75) is 6.42 Å². The Morgan fingerprint density at radius 1 is 1.46 bits per heavy atom. The quantitative estimate of drug-likeness (QED) is 0.763. The van der Waals surface area contributed by atoms with Crippen LogP contribution in [0.15, 0.2) is 45.7 Å². The zero-order valence-corrected chi connectivity index (χ0v) is 15.4. The highest BCUT2D eigenvalue weighted by Gasteiger charge is 2.30. The molecule has 0 saturated carbocycles. The normalized spacial score (nSPS) is 17.3. The summed E-state index contributed by atoms with van der Waals surface area (Å²) in [4.78, 5) is 33.5. The number of carbonyl (C=O) groups is 2. The zero-order valence-electron chi connectivity index (χ0n) is 13.8. The first-order valence-electron chi connectivity index (χ1n) is 7.63. The number of ether oxygens (including phenoxy) is 1. The van der Waals surface area contributed by atoms with Crippen LogP contribution in [0.3, 0.4) is 0 Å². The number of aliphatic imine (C=N–C) groups is 1. The molecule has 1 amide bonds. The molecule has 1 aromatic carbocycles. The average molecular weight is 389 g/mol. The fraction of sp³-hybridized carbons (Fsp3) is 0.176. The number of carbonyl (C=O) groups excluding carboxylic acids is 1. The van der Waals surface area contributed by atoms with E-state index in [2.05, 4.69) is 9.98 Å². The van der Waals surface area contributed by atoms with Gasteiger partial charge in [-0.1, -0.05) is 12.1 Å². The van der Waals surface area contributed by atoms with Gasteiger partial charge in [-0.2, -0.15) is 4.99 Å². The van der Waals surface area contributed by atoms with E-state index in [-0.39, 0.29) is 18.9 Å². The molecule has 0 aliphatic carbocycles. The Kier molecular flexibility index (Phi) is 5.69. The number of rotatable bonds is 6. The van der Waals surface area contributed by atoms with Gasteiger partial charge in [-0.25, -0.2) is 4.98 Å². The second kappa shape index (κ2) is 8.15. The minimum atomic E-state index is -0.911. The van der Waals surface area contributed by atoms with E-state index in [9.17, 15) is 9.59 Å². The van der Waals surface area contributed by atoms with Gasteiger partial charge in [-0.3, -0.25) is 14.5 Å². The monoisotopic (exact) mass is 389 g/mol. The van der Waals surface area contributed by atoms with E-state index in [0.717, 1.165) is 5.56 Å². The molecule has 1 aliphatic rings. The number of likely N-dealkylation sites (N-methyl/N-ethyl adjacent to an activating group) is 1. The van der Waals surface area contributed by atoms with E-state index >= 15 is 0 Å². The number of aliphatic carboxylic acids is 1. The molecule has 0 unspecified atom stereocenters. The van der Waals surface area contributed by atoms with Crippen LogP contribution in [0.1, 0.15) is 12.0 Å². The highest BCUT2D eigenvalue weighted by atomic mass is 32.2. The highest BCUT2D eigenvalue weighted by Crippen LogP contribution is 2.33. The predicted molar refractivity (Wildman–Crippen MR) is 102 cm³/mol. The van der Waals surface area contributed by atoms with Crippen molar-refractivity contribution in [1.29, 1.82) is 0 Å². The molecule has 0 spiro atoms. The number of hydrogen-bond acceptors (Lipinski definition) is 7. The molecule has 1 aromatic heterocycles. The molecule has 9 heteroatoms. The Hall–Kier alpha value is -2.65. The predicted octanol–water partition coefficient (Wildman–Crippen LogP) is 3.23. The number of aromatic nitrogens is 1. The Bertz CT molecular complexity index is 878. The second-order valence-corrected chi connectivity index (χ2v) is 7.13. The molecule has 0 atom stereocenters. The summed E-state index contributed by atoms with van der Waals surface area (Å²) in [5.74, 6) is -0.491. The van der Waals surface area contributed by atoms with E-state index in [1.54, 1.807) is 37.5 Å². The van der Waals surface area contributed by atoms with E-state index in [0.29, 0.717) is 21.0 Å². The summed E-state index contributed by atoms with van der Waals surface area (Å²) in [5, 5.41) is 11.7. The summed E-state index contributed by atoms with van der Waals surface area (Å²) < 4.78 is 5.42. The number of carboxylic acids is 1. The number of thioether (sulfide) groups is 1. The molecule has 3 rings (SSSR count). The van der Waals surface area contributed by atoms with Gasteiger partial charge in [0.2, 0.25) is 5.13 Å². The minimum absolute atomic E-state index is 0.0684. The molecule has 2 aromatic rings. The van der Waals surface area contributed by atoms with Crippen LogP contribution in [0.4, 0.5) is 5.13 Å². The van der Waals surface area contributed by atoms with Crippen molar-refractivity contribution in [3.63, 3.8) is 0 Å². The molecule has 1 N–H and O–H groups in total. The summed E-state index contributed by atoms with van der Waals surface area (Å²) in [7, 11) is 1.67. The van der Waals surface area contributed by atoms with Gasteiger partial charge in [-0.15, -0.1) is 11.3 Å². The number of thiazole rings is 1. The Balaban J connectivity index is 1.75. The lowest BCUT2D eigenvalue weighted by molar-refractivity contribution is -0.137. The molecule has 0 bridgehead atoms. The smallest absolute Gasteiger partial charge is 0.306 e. The fourth-order valence-corrected chi connectivity index (χ4v) is 3.64. The third kappa shape index (κ3) is 4.50. The van der Waals surface area contributed by atoms with Crippen molar-refractivity contribution in [2.24, 2.45) is 4.99 Å². The van der Waals surface area contributed by atoms with Crippen LogP contribution in [-0.2, 0) is 9.59 Å². The lowest BCUT2D eigenvalue weighted by atomic mass is 10.2. The van der Waals surface area contributed by atoms with E-state index < -0.39 is 5.97 Å². The van der Waals surface area contributed by atoms with Gasteiger partial charge in [0.15, 0.2) is 5.17 Å². The molecule has 1 aliphatic heterocycles. The molecule has 134 valence electrons. The lowest BCUT2D eigenvalue weighted by Gasteiger charge is -2.06. The number of amidine groups is 1. The SMILES string of the molecule is CN1C(=O)/C(=C\c2cccc(OCCC(=O)O)c2)S/C1=N/c1nccs1. The summed E-state index contributed by atoms with van der Waals surface area (Å²) in [6.45, 7) is 0.0936. The van der Waals surface area contributed by atoms with Gasteiger partial charge >= 0.3 is 5.97 Å². The standard InChI is InChI=1S/C17H15N3O4S2/c1-20-15(23)13(26-17(20)19-16-18-6-8-25-16)10-11-3-2-4-12(9-11)24-7-5-14(21)22/h2-4,6,8-10H,5,7H2,1H3,(H,21,22)/b13-10+,19-17+. The number of amides is 1.